The van der Waals surface area contributed by atoms with Gasteiger partial charge in [0.1, 0.15) is 0 Å². The molecule has 4 rings (SSSR count). The first kappa shape index (κ1) is 20.3. The van der Waals surface area contributed by atoms with Crippen LogP contribution in [-0.2, 0) is 9.53 Å². The second-order valence-corrected chi connectivity index (χ2v) is 7.47. The molecule has 0 aromatic heterocycles. The van der Waals surface area contributed by atoms with Gasteiger partial charge in [-0.25, -0.2) is 4.79 Å². The van der Waals surface area contributed by atoms with E-state index in [-0.39, 0.29) is 6.79 Å². The van der Waals surface area contributed by atoms with Gasteiger partial charge in [-0.2, -0.15) is 0 Å². The van der Waals surface area contributed by atoms with Crippen molar-refractivity contribution < 1.29 is 23.7 Å². The van der Waals surface area contributed by atoms with Crippen molar-refractivity contribution in [3.05, 3.63) is 58.3 Å². The van der Waals surface area contributed by atoms with Crippen molar-refractivity contribution in [3.63, 3.8) is 0 Å². The van der Waals surface area contributed by atoms with Gasteiger partial charge in [-0.3, -0.25) is 4.90 Å². The molecule has 2 heterocycles. The fourth-order valence-corrected chi connectivity index (χ4v) is 4.07. The molecular weight excluding hydrogens is 428 g/mol. The van der Waals surface area contributed by atoms with E-state index < -0.39 is 12.0 Å². The van der Waals surface area contributed by atoms with Gasteiger partial charge in [-0.05, 0) is 61.1 Å². The molecule has 0 aliphatic carbocycles. The van der Waals surface area contributed by atoms with Crippen molar-refractivity contribution in [2.45, 2.75) is 13.0 Å². The number of fused-ring (bicyclic) bond motifs is 1. The topological polar surface area (TPSA) is 69.3 Å². The lowest BCUT2D eigenvalue weighted by atomic mass is 9.94. The molecule has 0 spiro atoms. The number of nitrogens with one attached hydrogen (secondary N) is 1. The molecule has 0 fully saturated rings. The summed E-state index contributed by atoms with van der Waals surface area (Å²) in [6.45, 7) is 1.93. The molecule has 9 heteroatoms. The molecule has 0 saturated heterocycles. The number of hydrogen-bond donors (Lipinski definition) is 1. The van der Waals surface area contributed by atoms with Gasteiger partial charge in [0.25, 0.3) is 0 Å². The molecule has 1 unspecified atom stereocenters. The monoisotopic (exact) mass is 446 g/mol. The lowest BCUT2D eigenvalue weighted by Gasteiger charge is -2.37. The lowest BCUT2D eigenvalue weighted by Crippen LogP contribution is -2.48. The number of hydrogen-bond acceptors (Lipinski definition) is 6. The Morgan fingerprint density at radius 2 is 1.97 bits per heavy atom. The van der Waals surface area contributed by atoms with Gasteiger partial charge in [0.2, 0.25) is 12.5 Å². The van der Waals surface area contributed by atoms with E-state index in [1.165, 1.54) is 7.11 Å². The minimum atomic E-state index is -0.558. The average Bonchev–Trinajstić information content (AvgIpc) is 3.22. The number of carbonyl (C=O) groups excluding carboxylic acids is 1. The zero-order valence-corrected chi connectivity index (χ0v) is 18.1. The highest BCUT2D eigenvalue weighted by molar-refractivity contribution is 7.80. The molecule has 2 aromatic rings. The highest BCUT2D eigenvalue weighted by Gasteiger charge is 2.36. The van der Waals surface area contributed by atoms with E-state index in [1.54, 1.807) is 36.3 Å². The normalized spacial score (nSPS) is 17.7. The second-order valence-electron chi connectivity index (χ2n) is 6.64. The predicted molar refractivity (Wildman–Crippen MR) is 116 cm³/mol. The van der Waals surface area contributed by atoms with E-state index in [9.17, 15) is 4.79 Å². The summed E-state index contributed by atoms with van der Waals surface area (Å²) in [5.74, 6) is 1.11. The molecule has 0 bridgehead atoms. The SMILES string of the molecule is COC(=O)C1=C(C)N(c2ccc(Cl)cc2)C(=S)NC1c1cc(OC)c2c(c1)OCO2. The van der Waals surface area contributed by atoms with E-state index >= 15 is 0 Å². The number of methoxy groups -OCH3 is 2. The number of carbonyl (C=O) groups is 1. The largest absolute Gasteiger partial charge is 0.493 e. The van der Waals surface area contributed by atoms with Crippen LogP contribution in [0.1, 0.15) is 18.5 Å². The Labute approximate surface area is 184 Å². The minimum absolute atomic E-state index is 0.106. The molecule has 0 amide bonds. The van der Waals surface area contributed by atoms with Crippen molar-refractivity contribution in [2.75, 3.05) is 25.9 Å². The summed E-state index contributed by atoms with van der Waals surface area (Å²) in [4.78, 5) is 14.6. The van der Waals surface area contributed by atoms with E-state index in [4.69, 9.17) is 42.8 Å². The van der Waals surface area contributed by atoms with Crippen LogP contribution in [0.4, 0.5) is 5.69 Å². The van der Waals surface area contributed by atoms with Crippen molar-refractivity contribution in [2.24, 2.45) is 0 Å². The Kier molecular flexibility index (Phi) is 5.44. The maximum Gasteiger partial charge on any atom is 0.337 e. The van der Waals surface area contributed by atoms with Crippen LogP contribution in [-0.4, -0.2) is 32.1 Å². The molecule has 2 aliphatic rings. The fourth-order valence-electron chi connectivity index (χ4n) is 3.58. The van der Waals surface area contributed by atoms with Crippen LogP contribution < -0.4 is 24.4 Å². The quantitative estimate of drug-likeness (QED) is 0.559. The van der Waals surface area contributed by atoms with Gasteiger partial charge < -0.3 is 24.3 Å². The number of ether oxygens (including phenoxy) is 4. The highest BCUT2D eigenvalue weighted by Crippen LogP contribution is 2.45. The summed E-state index contributed by atoms with van der Waals surface area (Å²) < 4.78 is 21.5. The number of rotatable bonds is 4. The van der Waals surface area contributed by atoms with E-state index in [2.05, 4.69) is 5.32 Å². The van der Waals surface area contributed by atoms with Gasteiger partial charge in [0, 0.05) is 16.4 Å². The van der Waals surface area contributed by atoms with Crippen LogP contribution in [0.25, 0.3) is 0 Å². The van der Waals surface area contributed by atoms with E-state index in [0.29, 0.717) is 38.7 Å². The number of anilines is 1. The van der Waals surface area contributed by atoms with Crippen LogP contribution in [0.2, 0.25) is 5.02 Å². The molecule has 7 nitrogen and oxygen atoms in total. The summed E-state index contributed by atoms with van der Waals surface area (Å²) >= 11 is 11.7. The summed E-state index contributed by atoms with van der Waals surface area (Å²) in [6, 6.07) is 10.2. The minimum Gasteiger partial charge on any atom is -0.493 e. The maximum atomic E-state index is 12.8. The zero-order valence-electron chi connectivity index (χ0n) is 16.5. The smallest absolute Gasteiger partial charge is 0.337 e. The first-order valence-electron chi connectivity index (χ1n) is 9.07. The molecular formula is C21H19ClN2O5S. The van der Waals surface area contributed by atoms with Crippen molar-refractivity contribution in [1.82, 2.24) is 5.32 Å². The third-order valence-corrected chi connectivity index (χ3v) is 5.54. The molecule has 0 radical (unpaired) electrons. The first-order chi connectivity index (χ1) is 14.4. The van der Waals surface area contributed by atoms with Crippen LogP contribution in [0.15, 0.2) is 47.7 Å². The molecule has 156 valence electrons. The van der Waals surface area contributed by atoms with Crippen LogP contribution in [0.3, 0.4) is 0 Å². The van der Waals surface area contributed by atoms with Gasteiger partial charge in [0.05, 0.1) is 25.8 Å². The number of halogens is 1. The molecule has 1 N–H and O–H groups in total. The van der Waals surface area contributed by atoms with Crippen LogP contribution in [0, 0.1) is 0 Å². The van der Waals surface area contributed by atoms with Crippen molar-refractivity contribution >= 4 is 40.6 Å². The number of nitrogens with zero attached hydrogens (tertiary/aromatic N) is 1. The number of benzene rings is 2. The number of allylic oxidation sites excluding steroid dienone is 1. The van der Waals surface area contributed by atoms with E-state index in [0.717, 1.165) is 11.3 Å². The van der Waals surface area contributed by atoms with E-state index in [1.807, 2.05) is 19.1 Å². The summed E-state index contributed by atoms with van der Waals surface area (Å²) in [5, 5.41) is 4.29. The van der Waals surface area contributed by atoms with Crippen molar-refractivity contribution in [1.29, 1.82) is 0 Å². The standard InChI is InChI=1S/C21H19ClN2O5S/c1-11-17(20(25)27-3)18(12-8-15(26-2)19-16(9-12)28-10-29-19)23-21(30)24(11)14-6-4-13(22)5-7-14/h4-9,18H,10H2,1-3H3,(H,23,30). The Morgan fingerprint density at radius 1 is 1.23 bits per heavy atom. The predicted octanol–water partition coefficient (Wildman–Crippen LogP) is 3.96. The zero-order chi connectivity index (χ0) is 21.4. The first-order valence-corrected chi connectivity index (χ1v) is 9.86. The van der Waals surface area contributed by atoms with Crippen molar-refractivity contribution in [3.8, 4) is 17.2 Å². The third kappa shape index (κ3) is 3.42. The molecule has 1 atom stereocenters. The average molecular weight is 447 g/mol. The van der Waals surface area contributed by atoms with Crippen LogP contribution in [0.5, 0.6) is 17.2 Å². The maximum absolute atomic E-state index is 12.8. The molecule has 2 aliphatic heterocycles. The van der Waals surface area contributed by atoms with Gasteiger partial charge in [0.15, 0.2) is 16.6 Å². The molecule has 30 heavy (non-hydrogen) atoms. The highest BCUT2D eigenvalue weighted by atomic mass is 35.5. The second kappa shape index (κ2) is 8.04. The Bertz CT molecular complexity index is 1050. The fraction of sp³-hybridized carbons (Fsp3) is 0.238. The summed E-state index contributed by atoms with van der Waals surface area (Å²) in [6.07, 6.45) is 0. The van der Waals surface area contributed by atoms with Gasteiger partial charge >= 0.3 is 5.97 Å². The Morgan fingerprint density at radius 3 is 2.63 bits per heavy atom. The lowest BCUT2D eigenvalue weighted by molar-refractivity contribution is -0.136. The molecule has 2 aromatic carbocycles. The van der Waals surface area contributed by atoms with Crippen LogP contribution >= 0.6 is 23.8 Å². The Hall–Kier alpha value is -2.97. The summed E-state index contributed by atoms with van der Waals surface area (Å²) in [5.41, 5.74) is 2.57. The molecule has 0 saturated carbocycles. The van der Waals surface area contributed by atoms with Gasteiger partial charge in [-0.15, -0.1) is 0 Å². The Balaban J connectivity index is 1.84. The summed E-state index contributed by atoms with van der Waals surface area (Å²) in [7, 11) is 2.89. The third-order valence-electron chi connectivity index (χ3n) is 4.99. The van der Waals surface area contributed by atoms with Gasteiger partial charge in [-0.1, -0.05) is 11.6 Å². The number of thiocarbonyl (C=S) groups is 1. The number of esters is 1.